The number of thiol groups is 1. The summed E-state index contributed by atoms with van der Waals surface area (Å²) in [7, 11) is -0.526. The van der Waals surface area contributed by atoms with Crippen molar-refractivity contribution >= 4 is 15.8 Å². The van der Waals surface area contributed by atoms with Crippen LogP contribution >= 0.6 is 10.9 Å². The maximum Gasteiger partial charge on any atom is 0.253 e. The van der Waals surface area contributed by atoms with Gasteiger partial charge in [-0.2, -0.15) is 0 Å². The summed E-state index contributed by atoms with van der Waals surface area (Å²) in [5.41, 5.74) is 0.936. The minimum atomic E-state index is -0.526. The third-order valence-corrected chi connectivity index (χ3v) is 3.99. The summed E-state index contributed by atoms with van der Waals surface area (Å²) in [5, 5.41) is 10.2. The lowest BCUT2D eigenvalue weighted by Crippen LogP contribution is -1.79. The number of aromatic nitrogens is 2. The summed E-state index contributed by atoms with van der Waals surface area (Å²) in [6.45, 7) is 0. The molecule has 1 radical (unpaired) electrons. The number of nitrogens with zero attached hydrogens (tertiary/aromatic N) is 2. The van der Waals surface area contributed by atoms with Crippen molar-refractivity contribution in [3.05, 3.63) is 60.0 Å². The summed E-state index contributed by atoms with van der Waals surface area (Å²) in [4.78, 5) is 1.04. The van der Waals surface area contributed by atoms with E-state index in [4.69, 9.17) is 4.42 Å². The second-order valence-corrected chi connectivity index (χ2v) is 5.36. The molecule has 1 unspecified atom stereocenters. The van der Waals surface area contributed by atoms with Gasteiger partial charge in [0.05, 0.1) is 4.91 Å². The van der Waals surface area contributed by atoms with Gasteiger partial charge >= 0.3 is 0 Å². The van der Waals surface area contributed by atoms with Crippen LogP contribution in [0.1, 0.15) is 5.89 Å². The quantitative estimate of drug-likeness (QED) is 0.822. The van der Waals surface area contributed by atoms with Gasteiger partial charge in [0.2, 0.25) is 5.89 Å². The van der Waals surface area contributed by atoms with Crippen LogP contribution in [0.15, 0.2) is 52.3 Å². The summed E-state index contributed by atoms with van der Waals surface area (Å²) >= 11 is 0. The molecule has 1 aliphatic heterocycles. The van der Waals surface area contributed by atoms with E-state index in [1.165, 1.54) is 0 Å². The first kappa shape index (κ1) is 10.4. The van der Waals surface area contributed by atoms with Gasteiger partial charge in [0.1, 0.15) is 0 Å². The van der Waals surface area contributed by atoms with Gasteiger partial charge in [0, 0.05) is 5.56 Å². The Bertz CT molecular complexity index is 586. The molecule has 1 aromatic heterocycles. The predicted octanol–water partition coefficient (Wildman–Crippen LogP) is 3.40. The second kappa shape index (κ2) is 4.22. The fraction of sp³-hybridized carbons (Fsp3) is 0. The number of allylic oxidation sites excluding steroid dienone is 2. The van der Waals surface area contributed by atoms with Crippen LogP contribution in [0.3, 0.4) is 0 Å². The van der Waals surface area contributed by atoms with E-state index in [1.54, 1.807) is 0 Å². The highest BCUT2D eigenvalue weighted by Gasteiger charge is 2.16. The van der Waals surface area contributed by atoms with Gasteiger partial charge in [0.25, 0.3) is 5.89 Å². The maximum absolute atomic E-state index is 5.67. The SMILES string of the molecule is [CH2][SH]1C=CC=C1c1nnc(-c2ccccc2)o1. The Kier molecular flexibility index (Phi) is 2.57. The molecule has 2 heterocycles. The van der Waals surface area contributed by atoms with E-state index in [1.807, 2.05) is 42.5 Å². The van der Waals surface area contributed by atoms with E-state index in [-0.39, 0.29) is 0 Å². The van der Waals surface area contributed by atoms with Crippen LogP contribution in [0.4, 0.5) is 0 Å². The lowest BCUT2D eigenvalue weighted by molar-refractivity contribution is 0.556. The van der Waals surface area contributed by atoms with Gasteiger partial charge < -0.3 is 4.42 Å². The molecule has 2 aromatic rings. The smallest absolute Gasteiger partial charge is 0.253 e. The van der Waals surface area contributed by atoms with Crippen LogP contribution in [-0.2, 0) is 0 Å². The summed E-state index contributed by atoms with van der Waals surface area (Å²) in [6.07, 6.45) is 8.03. The van der Waals surface area contributed by atoms with E-state index in [0.717, 1.165) is 10.5 Å². The molecule has 0 saturated carbocycles. The van der Waals surface area contributed by atoms with Gasteiger partial charge in [-0.1, -0.05) is 24.3 Å². The van der Waals surface area contributed by atoms with Gasteiger partial charge in [-0.25, -0.2) is 10.9 Å². The molecule has 1 aliphatic rings. The first-order valence-corrected chi connectivity index (χ1v) is 6.82. The summed E-state index contributed by atoms with van der Waals surface area (Å²) in [5.74, 6) is 1.13. The van der Waals surface area contributed by atoms with Crippen LogP contribution in [-0.4, -0.2) is 10.2 Å². The molecule has 0 saturated heterocycles. The first-order chi connectivity index (χ1) is 8.34. The largest absolute Gasteiger partial charge is 0.416 e. The molecule has 4 heteroatoms. The first-order valence-electron chi connectivity index (χ1n) is 5.22. The molecule has 1 atom stereocenters. The van der Waals surface area contributed by atoms with Crippen molar-refractivity contribution in [3.63, 3.8) is 0 Å². The highest BCUT2D eigenvalue weighted by Crippen LogP contribution is 2.45. The van der Waals surface area contributed by atoms with Crippen molar-refractivity contribution in [2.24, 2.45) is 0 Å². The Morgan fingerprint density at radius 1 is 1.06 bits per heavy atom. The molecular weight excluding hydrogens is 232 g/mol. The molecule has 0 spiro atoms. The molecule has 0 N–H and O–H groups in total. The van der Waals surface area contributed by atoms with Gasteiger partial charge in [0.15, 0.2) is 0 Å². The zero-order valence-corrected chi connectivity index (χ0v) is 9.97. The zero-order chi connectivity index (χ0) is 11.7. The molecular formula is C13H11N2OS. The molecule has 17 heavy (non-hydrogen) atoms. The molecule has 3 rings (SSSR count). The molecule has 0 bridgehead atoms. The average Bonchev–Trinajstić information content (AvgIpc) is 2.98. The number of benzene rings is 1. The molecule has 85 valence electrons. The second-order valence-electron chi connectivity index (χ2n) is 3.64. The van der Waals surface area contributed by atoms with E-state index >= 15 is 0 Å². The van der Waals surface area contributed by atoms with Gasteiger partial charge in [-0.3, -0.25) is 0 Å². The van der Waals surface area contributed by atoms with Crippen LogP contribution in [0.5, 0.6) is 0 Å². The summed E-state index contributed by atoms with van der Waals surface area (Å²) < 4.78 is 5.67. The van der Waals surface area contributed by atoms with Crippen molar-refractivity contribution in [2.75, 3.05) is 0 Å². The standard InChI is InChI=1S/C13H11N2OS/c1-17-9-5-8-11(17)13-15-14-12(16-13)10-6-3-2-4-7-10/h2-9,17H,1H2. The van der Waals surface area contributed by atoms with Crippen molar-refractivity contribution in [1.29, 1.82) is 0 Å². The Morgan fingerprint density at radius 3 is 2.53 bits per heavy atom. The number of hydrogen-bond acceptors (Lipinski definition) is 3. The van der Waals surface area contributed by atoms with E-state index in [9.17, 15) is 0 Å². The van der Waals surface area contributed by atoms with Crippen LogP contribution in [0.25, 0.3) is 16.4 Å². The van der Waals surface area contributed by atoms with Crippen LogP contribution < -0.4 is 0 Å². The minimum absolute atomic E-state index is 0.526. The van der Waals surface area contributed by atoms with E-state index in [0.29, 0.717) is 11.8 Å². The number of hydrogen-bond donors (Lipinski definition) is 1. The van der Waals surface area contributed by atoms with E-state index in [2.05, 4.69) is 21.9 Å². The van der Waals surface area contributed by atoms with Gasteiger partial charge in [-0.15, -0.1) is 10.2 Å². The Labute approximate surface area is 102 Å². The maximum atomic E-state index is 5.67. The monoisotopic (exact) mass is 243 g/mol. The molecule has 3 nitrogen and oxygen atoms in total. The average molecular weight is 243 g/mol. The van der Waals surface area contributed by atoms with Crippen molar-refractivity contribution in [2.45, 2.75) is 0 Å². The Hall–Kier alpha value is -1.81. The highest BCUT2D eigenvalue weighted by atomic mass is 32.2. The van der Waals surface area contributed by atoms with E-state index < -0.39 is 10.9 Å². The normalized spacial score (nSPS) is 20.5. The predicted molar refractivity (Wildman–Crippen MR) is 71.2 cm³/mol. The number of rotatable bonds is 2. The molecule has 0 fully saturated rings. The fourth-order valence-corrected chi connectivity index (χ4v) is 2.70. The van der Waals surface area contributed by atoms with Gasteiger partial charge in [-0.05, 0) is 29.9 Å². The van der Waals surface area contributed by atoms with Crippen molar-refractivity contribution in [3.8, 4) is 11.5 Å². The van der Waals surface area contributed by atoms with Crippen molar-refractivity contribution < 1.29 is 4.42 Å². The summed E-state index contributed by atoms with van der Waals surface area (Å²) in [6, 6.07) is 9.75. The van der Waals surface area contributed by atoms with Crippen LogP contribution in [0.2, 0.25) is 0 Å². The topological polar surface area (TPSA) is 38.9 Å². The Morgan fingerprint density at radius 2 is 1.82 bits per heavy atom. The highest BCUT2D eigenvalue weighted by molar-refractivity contribution is 8.28. The lowest BCUT2D eigenvalue weighted by atomic mass is 10.2. The Balaban J connectivity index is 1.94. The zero-order valence-electron chi connectivity index (χ0n) is 9.08. The molecule has 0 aliphatic carbocycles. The van der Waals surface area contributed by atoms with Crippen LogP contribution in [0, 0.1) is 6.26 Å². The van der Waals surface area contributed by atoms with Crippen molar-refractivity contribution in [1.82, 2.24) is 10.2 Å². The third kappa shape index (κ3) is 1.91. The molecule has 0 amide bonds. The third-order valence-electron chi connectivity index (χ3n) is 2.49. The lowest BCUT2D eigenvalue weighted by Gasteiger charge is -2.06. The fourth-order valence-electron chi connectivity index (χ4n) is 1.63. The minimum Gasteiger partial charge on any atom is -0.416 e. The molecule has 1 aromatic carbocycles.